The molecule has 170 valence electrons. The average Bonchev–Trinajstić information content (AvgIpc) is 2.79. The van der Waals surface area contributed by atoms with E-state index in [2.05, 4.69) is 6.92 Å². The number of fused-ring (bicyclic) bond motifs is 1. The molecule has 0 bridgehead atoms. The van der Waals surface area contributed by atoms with Crippen LogP contribution in [0.3, 0.4) is 0 Å². The van der Waals surface area contributed by atoms with Crippen molar-refractivity contribution < 1.29 is 18.3 Å². The lowest BCUT2D eigenvalue weighted by Crippen LogP contribution is -2.14. The third-order valence-electron chi connectivity index (χ3n) is 7.07. The van der Waals surface area contributed by atoms with Gasteiger partial charge in [-0.05, 0) is 78.3 Å². The second-order valence-electron chi connectivity index (χ2n) is 9.26. The number of rotatable bonds is 7. The van der Waals surface area contributed by atoms with E-state index < -0.39 is 23.2 Å². The van der Waals surface area contributed by atoms with Crippen LogP contribution < -0.4 is 0 Å². The van der Waals surface area contributed by atoms with E-state index in [1.807, 2.05) is 0 Å². The SMILES string of the molecule is CCCCCCC1CCC(c2cc(F)c(-c3ccc4c(F)c(O)ccc4c3)c(F)c2)CC1. The fraction of sp³-hybridized carbons (Fsp3) is 0.429. The highest BCUT2D eigenvalue weighted by Gasteiger charge is 2.24. The molecular formula is C28H31F3O. The summed E-state index contributed by atoms with van der Waals surface area (Å²) in [5.41, 5.74) is 1.01. The van der Waals surface area contributed by atoms with Gasteiger partial charge in [0, 0.05) is 5.39 Å². The van der Waals surface area contributed by atoms with Gasteiger partial charge in [-0.15, -0.1) is 0 Å². The summed E-state index contributed by atoms with van der Waals surface area (Å²) >= 11 is 0. The average molecular weight is 441 g/mol. The first-order valence-electron chi connectivity index (χ1n) is 11.9. The van der Waals surface area contributed by atoms with Gasteiger partial charge in [0.25, 0.3) is 0 Å². The van der Waals surface area contributed by atoms with Gasteiger partial charge in [-0.1, -0.05) is 57.2 Å². The number of hydrogen-bond acceptors (Lipinski definition) is 1. The fourth-order valence-corrected chi connectivity index (χ4v) is 5.18. The molecule has 0 heterocycles. The first kappa shape index (κ1) is 22.7. The molecule has 32 heavy (non-hydrogen) atoms. The van der Waals surface area contributed by atoms with E-state index in [1.165, 1.54) is 62.4 Å². The van der Waals surface area contributed by atoms with Gasteiger partial charge in [0.05, 0.1) is 5.56 Å². The Bertz CT molecular complexity index is 1060. The normalized spacial score (nSPS) is 18.9. The van der Waals surface area contributed by atoms with Crippen molar-refractivity contribution in [3.05, 3.63) is 65.5 Å². The fourth-order valence-electron chi connectivity index (χ4n) is 5.18. The predicted octanol–water partition coefficient (Wildman–Crippen LogP) is 8.87. The van der Waals surface area contributed by atoms with E-state index in [0.717, 1.165) is 37.2 Å². The maximum atomic E-state index is 15.1. The molecule has 0 spiro atoms. The molecular weight excluding hydrogens is 409 g/mol. The van der Waals surface area contributed by atoms with Crippen LogP contribution in [-0.4, -0.2) is 5.11 Å². The van der Waals surface area contributed by atoms with Crippen molar-refractivity contribution in [1.29, 1.82) is 0 Å². The van der Waals surface area contributed by atoms with E-state index in [9.17, 15) is 9.50 Å². The van der Waals surface area contributed by atoms with E-state index in [0.29, 0.717) is 10.9 Å². The van der Waals surface area contributed by atoms with Crippen LogP contribution in [0.4, 0.5) is 13.2 Å². The smallest absolute Gasteiger partial charge is 0.172 e. The molecule has 1 saturated carbocycles. The number of aromatic hydroxyl groups is 1. The Morgan fingerprint density at radius 1 is 0.844 bits per heavy atom. The highest BCUT2D eigenvalue weighted by Crippen LogP contribution is 2.40. The zero-order chi connectivity index (χ0) is 22.7. The summed E-state index contributed by atoms with van der Waals surface area (Å²) in [6.45, 7) is 2.22. The minimum Gasteiger partial charge on any atom is -0.505 e. The van der Waals surface area contributed by atoms with Crippen molar-refractivity contribution in [2.75, 3.05) is 0 Å². The number of benzene rings is 3. The van der Waals surface area contributed by atoms with Gasteiger partial charge in [-0.25, -0.2) is 13.2 Å². The van der Waals surface area contributed by atoms with Gasteiger partial charge >= 0.3 is 0 Å². The lowest BCUT2D eigenvalue weighted by molar-refractivity contribution is 0.301. The van der Waals surface area contributed by atoms with E-state index in [4.69, 9.17) is 0 Å². The molecule has 0 amide bonds. The summed E-state index contributed by atoms with van der Waals surface area (Å²) in [4.78, 5) is 0. The lowest BCUT2D eigenvalue weighted by atomic mass is 9.76. The van der Waals surface area contributed by atoms with Crippen LogP contribution in [0.1, 0.15) is 76.2 Å². The Labute approximate surface area is 188 Å². The molecule has 0 aromatic heterocycles. The topological polar surface area (TPSA) is 20.2 Å². The zero-order valence-corrected chi connectivity index (χ0v) is 18.6. The predicted molar refractivity (Wildman–Crippen MR) is 124 cm³/mol. The summed E-state index contributed by atoms with van der Waals surface area (Å²) in [6, 6.07) is 10.3. The molecule has 0 radical (unpaired) electrons. The number of unbranched alkanes of at least 4 members (excludes halogenated alkanes) is 3. The first-order valence-corrected chi connectivity index (χ1v) is 11.9. The van der Waals surface area contributed by atoms with E-state index in [-0.39, 0.29) is 16.9 Å². The molecule has 4 heteroatoms. The van der Waals surface area contributed by atoms with Crippen molar-refractivity contribution in [2.45, 2.75) is 70.6 Å². The summed E-state index contributed by atoms with van der Waals surface area (Å²) in [5.74, 6) is -1.39. The van der Waals surface area contributed by atoms with Crippen LogP contribution in [0.5, 0.6) is 5.75 Å². The summed E-state index contributed by atoms with van der Waals surface area (Å²) in [5, 5.41) is 10.2. The van der Waals surface area contributed by atoms with Crippen molar-refractivity contribution in [1.82, 2.24) is 0 Å². The largest absolute Gasteiger partial charge is 0.505 e. The van der Waals surface area contributed by atoms with Crippen LogP contribution >= 0.6 is 0 Å². The summed E-state index contributed by atoms with van der Waals surface area (Å²) in [6.07, 6.45) is 10.6. The second-order valence-corrected chi connectivity index (χ2v) is 9.26. The van der Waals surface area contributed by atoms with Gasteiger partial charge in [0.15, 0.2) is 11.6 Å². The minimum atomic E-state index is -0.730. The molecule has 3 aromatic carbocycles. The van der Waals surface area contributed by atoms with Crippen molar-refractivity contribution in [3.8, 4) is 16.9 Å². The summed E-state index contributed by atoms with van der Waals surface area (Å²) < 4.78 is 44.2. The number of phenolic OH excluding ortho intramolecular Hbond substituents is 1. The Morgan fingerprint density at radius 3 is 2.25 bits per heavy atom. The maximum absolute atomic E-state index is 15.1. The molecule has 1 aliphatic carbocycles. The monoisotopic (exact) mass is 440 g/mol. The molecule has 0 aliphatic heterocycles. The van der Waals surface area contributed by atoms with E-state index in [1.54, 1.807) is 12.1 Å². The van der Waals surface area contributed by atoms with Gasteiger partial charge in [-0.2, -0.15) is 0 Å². The Morgan fingerprint density at radius 2 is 1.56 bits per heavy atom. The van der Waals surface area contributed by atoms with Crippen LogP contribution in [0.2, 0.25) is 0 Å². The van der Waals surface area contributed by atoms with Gasteiger partial charge < -0.3 is 5.11 Å². The van der Waals surface area contributed by atoms with Crippen molar-refractivity contribution in [2.24, 2.45) is 5.92 Å². The van der Waals surface area contributed by atoms with Gasteiger partial charge in [0.1, 0.15) is 11.6 Å². The first-order chi connectivity index (χ1) is 15.5. The molecule has 0 unspecified atom stereocenters. The zero-order valence-electron chi connectivity index (χ0n) is 18.6. The second kappa shape index (κ2) is 9.97. The van der Waals surface area contributed by atoms with Crippen molar-refractivity contribution >= 4 is 10.8 Å². The lowest BCUT2D eigenvalue weighted by Gasteiger charge is -2.29. The minimum absolute atomic E-state index is 0.0891. The van der Waals surface area contributed by atoms with Gasteiger partial charge in [-0.3, -0.25) is 0 Å². The molecule has 0 atom stereocenters. The molecule has 1 nitrogen and oxygen atoms in total. The molecule has 0 saturated heterocycles. The molecule has 4 rings (SSSR count). The van der Waals surface area contributed by atoms with Crippen LogP contribution in [-0.2, 0) is 0 Å². The van der Waals surface area contributed by atoms with Crippen LogP contribution in [0, 0.1) is 23.4 Å². The third kappa shape index (κ3) is 4.79. The highest BCUT2D eigenvalue weighted by atomic mass is 19.1. The van der Waals surface area contributed by atoms with Crippen LogP contribution in [0.15, 0.2) is 42.5 Å². The summed E-state index contributed by atoms with van der Waals surface area (Å²) in [7, 11) is 0. The van der Waals surface area contributed by atoms with Crippen molar-refractivity contribution in [3.63, 3.8) is 0 Å². The quantitative estimate of drug-likeness (QED) is 0.364. The third-order valence-corrected chi connectivity index (χ3v) is 7.07. The van der Waals surface area contributed by atoms with Gasteiger partial charge in [0.2, 0.25) is 0 Å². The highest BCUT2D eigenvalue weighted by molar-refractivity contribution is 5.89. The Balaban J connectivity index is 1.50. The molecule has 1 N–H and O–H groups in total. The molecule has 3 aromatic rings. The number of halogens is 3. The number of hydrogen-bond donors (Lipinski definition) is 1. The maximum Gasteiger partial charge on any atom is 0.172 e. The van der Waals surface area contributed by atoms with Crippen LogP contribution in [0.25, 0.3) is 21.9 Å². The Hall–Kier alpha value is -2.49. The Kier molecular flexibility index (Phi) is 7.07. The molecule has 1 fully saturated rings. The number of phenols is 1. The molecule has 1 aliphatic rings. The van der Waals surface area contributed by atoms with E-state index >= 15 is 8.78 Å². The standard InChI is InChI=1S/C28H31F3O/c1-2-3-4-5-6-18-7-9-19(10-8-18)22-16-24(29)27(25(30)17-22)21-11-13-23-20(15-21)12-14-26(32)28(23)31/h11-19,32H,2-10H2,1H3.